The Morgan fingerprint density at radius 3 is 2.76 bits per heavy atom. The summed E-state index contributed by atoms with van der Waals surface area (Å²) in [7, 11) is 0. The highest BCUT2D eigenvalue weighted by Gasteiger charge is 2.33. The fraction of sp³-hybridized carbons (Fsp3) is 0.571. The van der Waals surface area contributed by atoms with Gasteiger partial charge in [0.25, 0.3) is 0 Å². The van der Waals surface area contributed by atoms with E-state index in [1.165, 1.54) is 6.20 Å². The first-order valence-electron chi connectivity index (χ1n) is 7.00. The predicted octanol–water partition coefficient (Wildman–Crippen LogP) is 1.63. The van der Waals surface area contributed by atoms with Crippen molar-refractivity contribution in [3.63, 3.8) is 0 Å². The van der Waals surface area contributed by atoms with Gasteiger partial charge in [0.15, 0.2) is 0 Å². The van der Waals surface area contributed by atoms with Gasteiger partial charge in [0.1, 0.15) is 0 Å². The van der Waals surface area contributed by atoms with E-state index in [0.29, 0.717) is 29.7 Å². The average molecular weight is 293 g/mol. The van der Waals surface area contributed by atoms with Crippen LogP contribution >= 0.6 is 0 Å². The smallest absolute Gasteiger partial charge is 0.341 e. The summed E-state index contributed by atoms with van der Waals surface area (Å²) in [6.07, 6.45) is 3.48. The zero-order chi connectivity index (χ0) is 15.4. The number of hydrogen-bond acceptors (Lipinski definition) is 6. The van der Waals surface area contributed by atoms with Crippen LogP contribution in [0.1, 0.15) is 42.2 Å². The van der Waals surface area contributed by atoms with Gasteiger partial charge in [0, 0.05) is 12.2 Å². The number of carboxylic acids is 1. The predicted molar refractivity (Wildman–Crippen MR) is 75.1 cm³/mol. The number of aryl methyl sites for hydroxylation is 1. The second-order valence-electron chi connectivity index (χ2n) is 5.10. The van der Waals surface area contributed by atoms with Crippen molar-refractivity contribution in [3.05, 3.63) is 17.5 Å². The summed E-state index contributed by atoms with van der Waals surface area (Å²) < 4.78 is 4.91. The first-order chi connectivity index (χ1) is 10.0. The molecule has 1 heterocycles. The highest BCUT2D eigenvalue weighted by Crippen LogP contribution is 2.35. The van der Waals surface area contributed by atoms with Crippen LogP contribution in [-0.4, -0.2) is 39.7 Å². The lowest BCUT2D eigenvalue weighted by Gasteiger charge is -2.16. The Morgan fingerprint density at radius 1 is 1.52 bits per heavy atom. The topological polar surface area (TPSA) is 101 Å². The fourth-order valence-corrected chi connectivity index (χ4v) is 2.13. The third-order valence-corrected chi connectivity index (χ3v) is 3.37. The molecule has 7 nitrogen and oxygen atoms in total. The standard InChI is InChI=1S/C14H19N3O4/c1-3-21-13(20)10-7-15-14(16-8(10)2)17-11(6-12(18)19)9-4-5-9/h7,9,11H,3-6H2,1-2H3,(H,18,19)(H,15,16,17). The van der Waals surface area contributed by atoms with E-state index >= 15 is 0 Å². The first kappa shape index (κ1) is 15.2. The Balaban J connectivity index is 2.08. The first-order valence-corrected chi connectivity index (χ1v) is 7.00. The minimum absolute atomic E-state index is 0.0344. The molecule has 0 saturated heterocycles. The third-order valence-electron chi connectivity index (χ3n) is 3.37. The summed E-state index contributed by atoms with van der Waals surface area (Å²) >= 11 is 0. The number of hydrogen-bond donors (Lipinski definition) is 2. The maximum atomic E-state index is 11.7. The number of rotatable bonds is 7. The van der Waals surface area contributed by atoms with Gasteiger partial charge in [0.05, 0.1) is 24.3 Å². The lowest BCUT2D eigenvalue weighted by atomic mass is 10.1. The molecule has 1 aliphatic rings. The minimum Gasteiger partial charge on any atom is -0.481 e. The van der Waals surface area contributed by atoms with Crippen LogP contribution in [0.25, 0.3) is 0 Å². The van der Waals surface area contributed by atoms with Gasteiger partial charge in [-0.3, -0.25) is 4.79 Å². The molecule has 0 spiro atoms. The number of ether oxygens (including phenoxy) is 1. The van der Waals surface area contributed by atoms with Crippen LogP contribution in [0, 0.1) is 12.8 Å². The van der Waals surface area contributed by atoms with E-state index in [4.69, 9.17) is 9.84 Å². The summed E-state index contributed by atoms with van der Waals surface area (Å²) in [6, 6.07) is -0.171. The zero-order valence-electron chi connectivity index (χ0n) is 12.1. The summed E-state index contributed by atoms with van der Waals surface area (Å²) in [4.78, 5) is 30.8. The highest BCUT2D eigenvalue weighted by molar-refractivity contribution is 5.90. The maximum Gasteiger partial charge on any atom is 0.341 e. The monoisotopic (exact) mass is 293 g/mol. The molecule has 0 bridgehead atoms. The molecule has 1 aromatic rings. The van der Waals surface area contributed by atoms with Crippen molar-refractivity contribution in [3.8, 4) is 0 Å². The van der Waals surface area contributed by atoms with E-state index in [-0.39, 0.29) is 12.5 Å². The van der Waals surface area contributed by atoms with Crippen molar-refractivity contribution in [1.82, 2.24) is 9.97 Å². The Kier molecular flexibility index (Phi) is 4.72. The average Bonchev–Trinajstić information content (AvgIpc) is 3.22. The molecule has 1 saturated carbocycles. The second kappa shape index (κ2) is 6.51. The number of aliphatic carboxylic acids is 1. The van der Waals surface area contributed by atoms with Crippen molar-refractivity contribution in [2.45, 2.75) is 39.2 Å². The van der Waals surface area contributed by atoms with Crippen LogP contribution in [-0.2, 0) is 9.53 Å². The molecule has 1 aliphatic carbocycles. The molecule has 0 amide bonds. The van der Waals surface area contributed by atoms with Gasteiger partial charge in [-0.15, -0.1) is 0 Å². The molecule has 0 radical (unpaired) electrons. The summed E-state index contributed by atoms with van der Waals surface area (Å²) in [5.41, 5.74) is 0.833. The molecule has 21 heavy (non-hydrogen) atoms. The molecule has 7 heteroatoms. The molecule has 0 aromatic carbocycles. The van der Waals surface area contributed by atoms with Crippen LogP contribution in [0.2, 0.25) is 0 Å². The van der Waals surface area contributed by atoms with Crippen molar-refractivity contribution in [2.24, 2.45) is 5.92 Å². The van der Waals surface area contributed by atoms with Crippen LogP contribution in [0.3, 0.4) is 0 Å². The van der Waals surface area contributed by atoms with Crippen LogP contribution in [0.5, 0.6) is 0 Å². The van der Waals surface area contributed by atoms with E-state index in [2.05, 4.69) is 15.3 Å². The number of aromatic nitrogens is 2. The number of nitrogens with one attached hydrogen (secondary N) is 1. The quantitative estimate of drug-likeness (QED) is 0.736. The zero-order valence-corrected chi connectivity index (χ0v) is 12.1. The molecular formula is C14H19N3O4. The SMILES string of the molecule is CCOC(=O)c1cnc(NC(CC(=O)O)C2CC2)nc1C. The molecular weight excluding hydrogens is 274 g/mol. The maximum absolute atomic E-state index is 11.7. The molecule has 1 aromatic heterocycles. The number of carbonyl (C=O) groups excluding carboxylic acids is 1. The van der Waals surface area contributed by atoms with Gasteiger partial charge in [-0.1, -0.05) is 0 Å². The fourth-order valence-electron chi connectivity index (χ4n) is 2.13. The number of carbonyl (C=O) groups is 2. The van der Waals surface area contributed by atoms with Crippen molar-refractivity contribution in [1.29, 1.82) is 0 Å². The lowest BCUT2D eigenvalue weighted by molar-refractivity contribution is -0.137. The molecule has 2 rings (SSSR count). The van der Waals surface area contributed by atoms with Crippen LogP contribution in [0.15, 0.2) is 6.20 Å². The lowest BCUT2D eigenvalue weighted by Crippen LogP contribution is -2.26. The Hall–Kier alpha value is -2.18. The van der Waals surface area contributed by atoms with Gasteiger partial charge in [-0.2, -0.15) is 0 Å². The Labute approximate surface area is 122 Å². The number of carboxylic acid groups (broad SMARTS) is 1. The van der Waals surface area contributed by atoms with Gasteiger partial charge in [0.2, 0.25) is 5.95 Å². The summed E-state index contributed by atoms with van der Waals surface area (Å²) in [5.74, 6) is -0.599. The van der Waals surface area contributed by atoms with E-state index in [9.17, 15) is 9.59 Å². The molecule has 1 fully saturated rings. The number of esters is 1. The second-order valence-corrected chi connectivity index (χ2v) is 5.10. The van der Waals surface area contributed by atoms with Crippen molar-refractivity contribution < 1.29 is 19.4 Å². The molecule has 1 atom stereocenters. The normalized spacial score (nSPS) is 15.3. The largest absolute Gasteiger partial charge is 0.481 e. The van der Waals surface area contributed by atoms with Gasteiger partial charge < -0.3 is 15.2 Å². The van der Waals surface area contributed by atoms with Gasteiger partial charge in [-0.25, -0.2) is 14.8 Å². The van der Waals surface area contributed by atoms with Crippen LogP contribution < -0.4 is 5.32 Å². The van der Waals surface area contributed by atoms with Gasteiger partial charge >= 0.3 is 11.9 Å². The highest BCUT2D eigenvalue weighted by atomic mass is 16.5. The van der Waals surface area contributed by atoms with Crippen molar-refractivity contribution in [2.75, 3.05) is 11.9 Å². The summed E-state index contributed by atoms with van der Waals surface area (Å²) in [6.45, 7) is 3.72. The Morgan fingerprint density at radius 2 is 2.24 bits per heavy atom. The van der Waals surface area contributed by atoms with Crippen molar-refractivity contribution >= 4 is 17.9 Å². The van der Waals surface area contributed by atoms with E-state index < -0.39 is 11.9 Å². The third kappa shape index (κ3) is 4.14. The number of nitrogens with zero attached hydrogens (tertiary/aromatic N) is 2. The van der Waals surface area contributed by atoms with Crippen LogP contribution in [0.4, 0.5) is 5.95 Å². The molecule has 1 unspecified atom stereocenters. The number of anilines is 1. The summed E-state index contributed by atoms with van der Waals surface area (Å²) in [5, 5.41) is 12.0. The Bertz CT molecular complexity index is 543. The van der Waals surface area contributed by atoms with Gasteiger partial charge in [-0.05, 0) is 32.6 Å². The molecule has 114 valence electrons. The molecule has 0 aliphatic heterocycles. The van der Waals surface area contributed by atoms with E-state index in [1.807, 2.05) is 0 Å². The minimum atomic E-state index is -0.848. The van der Waals surface area contributed by atoms with E-state index in [0.717, 1.165) is 12.8 Å². The van der Waals surface area contributed by atoms with E-state index in [1.54, 1.807) is 13.8 Å². The molecule has 2 N–H and O–H groups in total.